The highest BCUT2D eigenvalue weighted by Gasteiger charge is 2.14. The lowest BCUT2D eigenvalue weighted by Crippen LogP contribution is -2.07. The topological polar surface area (TPSA) is 44.8 Å². The summed E-state index contributed by atoms with van der Waals surface area (Å²) >= 11 is 0. The third-order valence-corrected chi connectivity index (χ3v) is 2.16. The molecule has 0 aromatic heterocycles. The Hall–Kier alpha value is -2.04. The van der Waals surface area contributed by atoms with E-state index in [4.69, 9.17) is 9.47 Å². The van der Waals surface area contributed by atoms with Crippen LogP contribution in [-0.4, -0.2) is 26.5 Å². The molecule has 0 saturated carbocycles. The van der Waals surface area contributed by atoms with Crippen LogP contribution in [-0.2, 0) is 14.3 Å². The Morgan fingerprint density at radius 1 is 1.33 bits per heavy atom. The van der Waals surface area contributed by atoms with Gasteiger partial charge in [0.05, 0.1) is 13.7 Å². The number of rotatable bonds is 6. The van der Waals surface area contributed by atoms with Gasteiger partial charge in [0.1, 0.15) is 17.6 Å². The molecule has 18 heavy (non-hydrogen) atoms. The molecule has 1 rings (SSSR count). The maximum atomic E-state index is 12.0. The van der Waals surface area contributed by atoms with Gasteiger partial charge >= 0.3 is 5.97 Å². The molecule has 0 fully saturated rings. The number of alkyl halides is 1. The van der Waals surface area contributed by atoms with Crippen LogP contribution in [0.2, 0.25) is 0 Å². The zero-order valence-electron chi connectivity index (χ0n) is 10.3. The van der Waals surface area contributed by atoms with Crippen molar-refractivity contribution in [2.75, 3.05) is 20.6 Å². The number of esters is 1. The monoisotopic (exact) mass is 254 g/mol. The van der Waals surface area contributed by atoms with Crippen molar-refractivity contribution in [3.05, 3.63) is 36.1 Å². The smallest absolute Gasteiger partial charge is 0.341 e. The van der Waals surface area contributed by atoms with Crippen molar-refractivity contribution >= 4 is 11.5 Å². The second-order valence-electron chi connectivity index (χ2n) is 3.26. The number of carbonyl (C=O) groups excluding carboxylic acids is 1. The van der Waals surface area contributed by atoms with Crippen LogP contribution in [0.25, 0.3) is 5.57 Å². The van der Waals surface area contributed by atoms with Crippen LogP contribution < -0.4 is 4.74 Å². The van der Waals surface area contributed by atoms with Crippen molar-refractivity contribution in [1.29, 1.82) is 0 Å². The van der Waals surface area contributed by atoms with Crippen molar-refractivity contribution in [1.82, 2.24) is 0 Å². The molecular formula is C13H15FO4. The molecule has 5 heteroatoms. The number of methoxy groups -OCH3 is 1. The summed E-state index contributed by atoms with van der Waals surface area (Å²) in [6.07, 6.45) is 1.06. The molecule has 0 bridgehead atoms. The lowest BCUT2D eigenvalue weighted by atomic mass is 10.1. The number of carbonyl (C=O) groups is 1. The Bertz CT molecular complexity index is 412. The van der Waals surface area contributed by atoms with Crippen LogP contribution in [0.15, 0.2) is 30.5 Å². The maximum absolute atomic E-state index is 12.0. The van der Waals surface area contributed by atoms with E-state index in [1.54, 1.807) is 38.3 Å². The Morgan fingerprint density at radius 2 is 2.00 bits per heavy atom. The molecule has 1 aromatic carbocycles. The number of halogens is 1. The van der Waals surface area contributed by atoms with Crippen molar-refractivity contribution < 1.29 is 23.4 Å². The van der Waals surface area contributed by atoms with Crippen molar-refractivity contribution in [3.8, 4) is 5.75 Å². The Balaban J connectivity index is 2.97. The highest BCUT2D eigenvalue weighted by atomic mass is 19.1. The van der Waals surface area contributed by atoms with Gasteiger partial charge in [-0.3, -0.25) is 0 Å². The predicted octanol–water partition coefficient (Wildman–Crippen LogP) is 2.54. The minimum Gasteiger partial charge on any atom is -0.497 e. The Kier molecular flexibility index (Phi) is 5.70. The average molecular weight is 254 g/mol. The quantitative estimate of drug-likeness (QED) is 0.444. The van der Waals surface area contributed by atoms with E-state index in [2.05, 4.69) is 4.74 Å². The lowest BCUT2D eigenvalue weighted by Gasteiger charge is -2.08. The van der Waals surface area contributed by atoms with Gasteiger partial charge in [-0.05, 0) is 24.6 Å². The van der Waals surface area contributed by atoms with E-state index in [1.807, 2.05) is 0 Å². The summed E-state index contributed by atoms with van der Waals surface area (Å²) in [6.45, 7) is 0.931. The van der Waals surface area contributed by atoms with E-state index in [-0.39, 0.29) is 12.2 Å². The molecule has 0 heterocycles. The maximum Gasteiger partial charge on any atom is 0.341 e. The molecule has 0 aliphatic rings. The van der Waals surface area contributed by atoms with Crippen LogP contribution in [0, 0.1) is 0 Å². The summed E-state index contributed by atoms with van der Waals surface area (Å²) in [5.74, 6) is 0.101. The fraction of sp³-hybridized carbons (Fsp3) is 0.308. The van der Waals surface area contributed by atoms with Gasteiger partial charge in [-0.1, -0.05) is 12.1 Å². The summed E-state index contributed by atoms with van der Waals surface area (Å²) in [5.41, 5.74) is 0.736. The van der Waals surface area contributed by atoms with E-state index >= 15 is 0 Å². The van der Waals surface area contributed by atoms with Gasteiger partial charge in [0.2, 0.25) is 6.86 Å². The van der Waals surface area contributed by atoms with E-state index in [9.17, 15) is 9.18 Å². The molecule has 0 amide bonds. The molecule has 1 aromatic rings. The van der Waals surface area contributed by atoms with Gasteiger partial charge in [0.25, 0.3) is 0 Å². The van der Waals surface area contributed by atoms with Gasteiger partial charge in [-0.2, -0.15) is 0 Å². The van der Waals surface area contributed by atoms with Gasteiger partial charge in [-0.25, -0.2) is 9.18 Å². The number of hydrogen-bond acceptors (Lipinski definition) is 4. The first kappa shape index (κ1) is 14.0. The average Bonchev–Trinajstić information content (AvgIpc) is 2.40. The Labute approximate surface area is 105 Å². The molecule has 0 radical (unpaired) electrons. The SMILES string of the molecule is CCOC(=O)C(=COCF)c1ccc(OC)cc1. The second kappa shape index (κ2) is 7.32. The summed E-state index contributed by atoms with van der Waals surface area (Å²) in [6, 6.07) is 6.72. The van der Waals surface area contributed by atoms with Gasteiger partial charge < -0.3 is 14.2 Å². The van der Waals surface area contributed by atoms with Crippen LogP contribution in [0.1, 0.15) is 12.5 Å². The fourth-order valence-electron chi connectivity index (χ4n) is 1.33. The first-order valence-corrected chi connectivity index (χ1v) is 5.42. The van der Waals surface area contributed by atoms with Gasteiger partial charge in [-0.15, -0.1) is 0 Å². The fourth-order valence-corrected chi connectivity index (χ4v) is 1.33. The molecule has 0 atom stereocenters. The minimum atomic E-state index is -1.00. The first-order chi connectivity index (χ1) is 8.72. The van der Waals surface area contributed by atoms with E-state index in [0.717, 1.165) is 6.26 Å². The molecule has 0 saturated heterocycles. The molecule has 0 aliphatic carbocycles. The van der Waals surface area contributed by atoms with E-state index in [1.165, 1.54) is 0 Å². The van der Waals surface area contributed by atoms with Gasteiger partial charge in [0, 0.05) is 0 Å². The number of benzene rings is 1. The summed E-state index contributed by atoms with van der Waals surface area (Å²) < 4.78 is 26.4. The normalized spacial score (nSPS) is 10.9. The molecular weight excluding hydrogens is 239 g/mol. The Morgan fingerprint density at radius 3 is 2.50 bits per heavy atom. The van der Waals surface area contributed by atoms with Gasteiger partial charge in [0.15, 0.2) is 0 Å². The third-order valence-electron chi connectivity index (χ3n) is 2.16. The molecule has 0 aliphatic heterocycles. The number of ether oxygens (including phenoxy) is 3. The highest BCUT2D eigenvalue weighted by molar-refractivity contribution is 6.16. The third kappa shape index (κ3) is 3.76. The zero-order valence-corrected chi connectivity index (χ0v) is 10.3. The highest BCUT2D eigenvalue weighted by Crippen LogP contribution is 2.20. The largest absolute Gasteiger partial charge is 0.497 e. The predicted molar refractivity (Wildman–Crippen MR) is 64.7 cm³/mol. The zero-order chi connectivity index (χ0) is 13.4. The number of hydrogen-bond donors (Lipinski definition) is 0. The van der Waals surface area contributed by atoms with E-state index < -0.39 is 12.8 Å². The van der Waals surface area contributed by atoms with Crippen molar-refractivity contribution in [3.63, 3.8) is 0 Å². The van der Waals surface area contributed by atoms with Crippen LogP contribution in [0.3, 0.4) is 0 Å². The summed E-state index contributed by atoms with van der Waals surface area (Å²) in [7, 11) is 1.54. The molecule has 98 valence electrons. The minimum absolute atomic E-state index is 0.164. The molecule has 0 spiro atoms. The van der Waals surface area contributed by atoms with Crippen LogP contribution in [0.5, 0.6) is 5.75 Å². The summed E-state index contributed by atoms with van der Waals surface area (Å²) in [5, 5.41) is 0. The first-order valence-electron chi connectivity index (χ1n) is 5.42. The summed E-state index contributed by atoms with van der Waals surface area (Å²) in [4.78, 5) is 11.7. The molecule has 0 unspecified atom stereocenters. The molecule has 4 nitrogen and oxygen atoms in total. The van der Waals surface area contributed by atoms with Crippen molar-refractivity contribution in [2.24, 2.45) is 0 Å². The second-order valence-corrected chi connectivity index (χ2v) is 3.26. The standard InChI is InChI=1S/C13H15FO4/c1-3-18-13(15)12(8-17-9-14)10-4-6-11(16-2)7-5-10/h4-8H,3,9H2,1-2H3. The van der Waals surface area contributed by atoms with Crippen molar-refractivity contribution in [2.45, 2.75) is 6.92 Å². The van der Waals surface area contributed by atoms with Crippen LogP contribution in [0.4, 0.5) is 4.39 Å². The van der Waals surface area contributed by atoms with Crippen LogP contribution >= 0.6 is 0 Å². The lowest BCUT2D eigenvalue weighted by molar-refractivity contribution is -0.136. The van der Waals surface area contributed by atoms with E-state index in [0.29, 0.717) is 11.3 Å². The molecule has 0 N–H and O–H groups in total.